The third-order valence-corrected chi connectivity index (χ3v) is 3.80. The Hall–Kier alpha value is -0.940. The quantitative estimate of drug-likeness (QED) is 0.848. The van der Waals surface area contributed by atoms with Crippen molar-refractivity contribution in [1.29, 1.82) is 0 Å². The van der Waals surface area contributed by atoms with Gasteiger partial charge in [0.1, 0.15) is 0 Å². The lowest BCUT2D eigenvalue weighted by Crippen LogP contribution is -2.15. The van der Waals surface area contributed by atoms with Crippen molar-refractivity contribution in [3.63, 3.8) is 0 Å². The summed E-state index contributed by atoms with van der Waals surface area (Å²) >= 11 is 0. The minimum absolute atomic E-state index is 0.294. The number of hydrogen-bond donors (Lipinski definition) is 1. The lowest BCUT2D eigenvalue weighted by molar-refractivity contribution is 0.338. The number of likely N-dealkylation sites (tertiary alicyclic amines) is 1. The summed E-state index contributed by atoms with van der Waals surface area (Å²) in [5, 5.41) is 7.49. The summed E-state index contributed by atoms with van der Waals surface area (Å²) < 4.78 is 5.35. The molecule has 1 N–H and O–H groups in total. The molecule has 2 saturated heterocycles. The molecule has 0 aliphatic carbocycles. The van der Waals surface area contributed by atoms with Gasteiger partial charge in [-0.15, -0.1) is 0 Å². The Bertz CT molecular complexity index is 372. The molecule has 0 amide bonds. The van der Waals surface area contributed by atoms with Crippen LogP contribution in [-0.2, 0) is 6.42 Å². The fraction of sp³-hybridized carbons (Fsp3) is 0.833. The minimum atomic E-state index is 0.294. The van der Waals surface area contributed by atoms with Crippen molar-refractivity contribution in [3.05, 3.63) is 11.7 Å². The minimum Gasteiger partial charge on any atom is -0.338 e. The first kappa shape index (κ1) is 11.2. The third-order valence-electron chi connectivity index (χ3n) is 3.80. The predicted octanol–water partition coefficient (Wildman–Crippen LogP) is 0.988. The molecule has 5 nitrogen and oxygen atoms in total. The zero-order valence-electron chi connectivity index (χ0n) is 10.4. The average molecular weight is 236 g/mol. The molecule has 5 heteroatoms. The van der Waals surface area contributed by atoms with Gasteiger partial charge in [0.05, 0.1) is 6.04 Å². The Balaban J connectivity index is 1.60. The van der Waals surface area contributed by atoms with Crippen LogP contribution in [0, 0.1) is 5.92 Å². The van der Waals surface area contributed by atoms with Gasteiger partial charge in [-0.2, -0.15) is 4.98 Å². The first-order valence-corrected chi connectivity index (χ1v) is 6.55. The molecule has 1 aromatic rings. The van der Waals surface area contributed by atoms with Gasteiger partial charge in [0.25, 0.3) is 0 Å². The van der Waals surface area contributed by atoms with E-state index in [0.29, 0.717) is 12.0 Å². The molecule has 2 aliphatic rings. The van der Waals surface area contributed by atoms with Crippen LogP contribution >= 0.6 is 0 Å². The molecule has 94 valence electrons. The van der Waals surface area contributed by atoms with Crippen LogP contribution in [0.2, 0.25) is 0 Å². The zero-order valence-corrected chi connectivity index (χ0v) is 10.4. The molecular weight excluding hydrogens is 216 g/mol. The Labute approximate surface area is 102 Å². The smallest absolute Gasteiger partial charge is 0.243 e. The van der Waals surface area contributed by atoms with Crippen LogP contribution in [0.4, 0.5) is 0 Å². The summed E-state index contributed by atoms with van der Waals surface area (Å²) in [6, 6.07) is 0.294. The second-order valence-electron chi connectivity index (χ2n) is 5.32. The summed E-state index contributed by atoms with van der Waals surface area (Å²) in [6.07, 6.45) is 4.53. The van der Waals surface area contributed by atoms with Gasteiger partial charge < -0.3 is 14.7 Å². The predicted molar refractivity (Wildman–Crippen MR) is 63.6 cm³/mol. The molecule has 2 unspecified atom stereocenters. The van der Waals surface area contributed by atoms with Gasteiger partial charge in [-0.25, -0.2) is 0 Å². The molecule has 2 fully saturated rings. The van der Waals surface area contributed by atoms with E-state index in [2.05, 4.69) is 27.4 Å². The second-order valence-corrected chi connectivity index (χ2v) is 5.32. The highest BCUT2D eigenvalue weighted by atomic mass is 16.5. The Morgan fingerprint density at radius 3 is 3.12 bits per heavy atom. The standard InChI is InChI=1S/C12H20N4O/c1-16-6-4-9(8-16)7-11-14-12(17-15-11)10-3-2-5-13-10/h9-10,13H,2-8H2,1H3. The number of nitrogens with one attached hydrogen (secondary N) is 1. The monoisotopic (exact) mass is 236 g/mol. The van der Waals surface area contributed by atoms with Gasteiger partial charge in [0.15, 0.2) is 5.82 Å². The van der Waals surface area contributed by atoms with Crippen molar-refractivity contribution in [3.8, 4) is 0 Å². The summed E-state index contributed by atoms with van der Waals surface area (Å²) in [7, 11) is 2.17. The molecule has 17 heavy (non-hydrogen) atoms. The van der Waals surface area contributed by atoms with E-state index >= 15 is 0 Å². The maximum Gasteiger partial charge on any atom is 0.243 e. The largest absolute Gasteiger partial charge is 0.338 e. The van der Waals surface area contributed by atoms with E-state index in [0.717, 1.165) is 37.6 Å². The maximum absolute atomic E-state index is 5.35. The Morgan fingerprint density at radius 1 is 1.47 bits per heavy atom. The van der Waals surface area contributed by atoms with Gasteiger partial charge in [-0.3, -0.25) is 0 Å². The van der Waals surface area contributed by atoms with Crippen molar-refractivity contribution in [2.45, 2.75) is 31.7 Å². The van der Waals surface area contributed by atoms with Crippen molar-refractivity contribution in [1.82, 2.24) is 20.4 Å². The van der Waals surface area contributed by atoms with E-state index in [9.17, 15) is 0 Å². The first-order chi connectivity index (χ1) is 8.31. The van der Waals surface area contributed by atoms with Crippen LogP contribution in [-0.4, -0.2) is 41.7 Å². The van der Waals surface area contributed by atoms with E-state index in [1.807, 2.05) is 0 Å². The summed E-state index contributed by atoms with van der Waals surface area (Å²) in [5.74, 6) is 2.36. The molecule has 0 bridgehead atoms. The average Bonchev–Trinajstić information content (AvgIpc) is 3.00. The molecule has 3 heterocycles. The lowest BCUT2D eigenvalue weighted by atomic mass is 10.1. The van der Waals surface area contributed by atoms with Crippen LogP contribution in [0.5, 0.6) is 0 Å². The first-order valence-electron chi connectivity index (χ1n) is 6.55. The highest BCUT2D eigenvalue weighted by molar-refractivity contribution is 4.96. The summed E-state index contributed by atoms with van der Waals surface area (Å²) in [6.45, 7) is 3.42. The summed E-state index contributed by atoms with van der Waals surface area (Å²) in [5.41, 5.74) is 0. The van der Waals surface area contributed by atoms with Crippen LogP contribution in [0.25, 0.3) is 0 Å². The lowest BCUT2D eigenvalue weighted by Gasteiger charge is -2.07. The van der Waals surface area contributed by atoms with Crippen molar-refractivity contribution in [2.75, 3.05) is 26.7 Å². The van der Waals surface area contributed by atoms with Crippen LogP contribution < -0.4 is 5.32 Å². The van der Waals surface area contributed by atoms with Gasteiger partial charge >= 0.3 is 0 Å². The molecule has 0 saturated carbocycles. The van der Waals surface area contributed by atoms with Gasteiger partial charge in [0, 0.05) is 13.0 Å². The number of nitrogens with zero attached hydrogens (tertiary/aromatic N) is 3. The van der Waals surface area contributed by atoms with E-state index < -0.39 is 0 Å². The number of rotatable bonds is 3. The highest BCUT2D eigenvalue weighted by Crippen LogP contribution is 2.23. The van der Waals surface area contributed by atoms with Crippen molar-refractivity contribution in [2.24, 2.45) is 5.92 Å². The molecular formula is C12H20N4O. The maximum atomic E-state index is 5.35. The van der Waals surface area contributed by atoms with Crippen molar-refractivity contribution < 1.29 is 4.52 Å². The fourth-order valence-electron chi connectivity index (χ4n) is 2.84. The van der Waals surface area contributed by atoms with Gasteiger partial charge in [-0.05, 0) is 45.3 Å². The molecule has 3 rings (SSSR count). The fourth-order valence-corrected chi connectivity index (χ4v) is 2.84. The number of hydrogen-bond acceptors (Lipinski definition) is 5. The normalized spacial score (nSPS) is 30.2. The third kappa shape index (κ3) is 2.50. The van der Waals surface area contributed by atoms with Gasteiger partial charge in [0.2, 0.25) is 5.89 Å². The van der Waals surface area contributed by atoms with E-state index in [1.54, 1.807) is 0 Å². The Kier molecular flexibility index (Phi) is 3.11. The molecule has 0 radical (unpaired) electrons. The topological polar surface area (TPSA) is 54.2 Å². The van der Waals surface area contributed by atoms with E-state index in [4.69, 9.17) is 4.52 Å². The molecule has 0 spiro atoms. The van der Waals surface area contributed by atoms with Crippen LogP contribution in [0.1, 0.15) is 37.0 Å². The Morgan fingerprint density at radius 2 is 2.41 bits per heavy atom. The van der Waals surface area contributed by atoms with E-state index in [1.165, 1.54) is 19.4 Å². The summed E-state index contributed by atoms with van der Waals surface area (Å²) in [4.78, 5) is 6.89. The van der Waals surface area contributed by atoms with Crippen LogP contribution in [0.15, 0.2) is 4.52 Å². The zero-order chi connectivity index (χ0) is 11.7. The SMILES string of the molecule is CN1CCC(Cc2noc(C3CCCN3)n2)C1. The molecule has 0 aromatic carbocycles. The second kappa shape index (κ2) is 4.74. The molecule has 1 aromatic heterocycles. The van der Waals surface area contributed by atoms with E-state index in [-0.39, 0.29) is 0 Å². The number of aromatic nitrogens is 2. The molecule has 2 aliphatic heterocycles. The highest BCUT2D eigenvalue weighted by Gasteiger charge is 2.25. The molecule has 2 atom stereocenters. The van der Waals surface area contributed by atoms with Gasteiger partial charge in [-0.1, -0.05) is 5.16 Å². The van der Waals surface area contributed by atoms with Crippen molar-refractivity contribution >= 4 is 0 Å². The van der Waals surface area contributed by atoms with Crippen LogP contribution in [0.3, 0.4) is 0 Å².